The van der Waals surface area contributed by atoms with E-state index in [1.54, 1.807) is 18.3 Å². The number of fused-ring (bicyclic) bond motifs is 3. The number of hydrogen-bond acceptors (Lipinski definition) is 4. The summed E-state index contributed by atoms with van der Waals surface area (Å²) >= 11 is 0. The van der Waals surface area contributed by atoms with E-state index in [2.05, 4.69) is 15.0 Å². The van der Waals surface area contributed by atoms with Crippen LogP contribution in [-0.2, 0) is 6.18 Å². The van der Waals surface area contributed by atoms with Gasteiger partial charge in [0.1, 0.15) is 5.82 Å². The van der Waals surface area contributed by atoms with Gasteiger partial charge in [-0.1, -0.05) is 12.1 Å². The van der Waals surface area contributed by atoms with Crippen molar-refractivity contribution in [2.45, 2.75) is 6.18 Å². The summed E-state index contributed by atoms with van der Waals surface area (Å²) in [6, 6.07) is 8.49. The Bertz CT molecular complexity index is 1100. The molecule has 126 valence electrons. The van der Waals surface area contributed by atoms with Gasteiger partial charge < -0.3 is 16.5 Å². The maximum atomic E-state index is 12.8. The number of nitrogen functional groups attached to an aromatic ring is 2. The molecule has 0 aliphatic rings. The Hall–Kier alpha value is -3.29. The maximum Gasteiger partial charge on any atom is 0.416 e. The third-order valence-electron chi connectivity index (χ3n) is 4.07. The average Bonchev–Trinajstić information content (AvgIpc) is 3.02. The monoisotopic (exact) mass is 343 g/mol. The molecule has 4 rings (SSSR count). The Morgan fingerprint density at radius 2 is 1.72 bits per heavy atom. The zero-order valence-electron chi connectivity index (χ0n) is 12.7. The number of hydrogen-bond donors (Lipinski definition) is 3. The first-order valence-electron chi connectivity index (χ1n) is 7.34. The number of aromatic amines is 1. The van der Waals surface area contributed by atoms with Gasteiger partial charge in [-0.25, -0.2) is 0 Å². The van der Waals surface area contributed by atoms with E-state index in [1.165, 1.54) is 12.1 Å². The van der Waals surface area contributed by atoms with Gasteiger partial charge in [-0.2, -0.15) is 18.2 Å². The molecular weight excluding hydrogens is 331 g/mol. The van der Waals surface area contributed by atoms with Gasteiger partial charge in [0.05, 0.1) is 16.6 Å². The molecule has 25 heavy (non-hydrogen) atoms. The van der Waals surface area contributed by atoms with E-state index in [0.717, 1.165) is 17.5 Å². The number of alkyl halides is 3. The largest absolute Gasteiger partial charge is 0.416 e. The molecule has 0 atom stereocenters. The third-order valence-corrected chi connectivity index (χ3v) is 4.07. The fourth-order valence-corrected chi connectivity index (χ4v) is 2.97. The second kappa shape index (κ2) is 5.10. The minimum atomic E-state index is -4.38. The Balaban J connectivity index is 1.99. The zero-order chi connectivity index (χ0) is 17.8. The van der Waals surface area contributed by atoms with Crippen LogP contribution in [0, 0.1) is 0 Å². The van der Waals surface area contributed by atoms with Crippen molar-refractivity contribution < 1.29 is 13.2 Å². The molecule has 0 bridgehead atoms. The van der Waals surface area contributed by atoms with Gasteiger partial charge in [-0.05, 0) is 29.8 Å². The number of halogens is 3. The van der Waals surface area contributed by atoms with E-state index in [0.29, 0.717) is 27.5 Å². The molecule has 0 unspecified atom stereocenters. The van der Waals surface area contributed by atoms with Gasteiger partial charge in [0.25, 0.3) is 0 Å². The molecule has 0 amide bonds. The Morgan fingerprint density at radius 3 is 2.40 bits per heavy atom. The van der Waals surface area contributed by atoms with E-state index < -0.39 is 11.7 Å². The first kappa shape index (κ1) is 15.3. The lowest BCUT2D eigenvalue weighted by atomic mass is 9.99. The number of nitrogens with two attached hydrogens (primary N) is 2. The van der Waals surface area contributed by atoms with Crippen LogP contribution >= 0.6 is 0 Å². The van der Waals surface area contributed by atoms with E-state index >= 15 is 0 Å². The summed E-state index contributed by atoms with van der Waals surface area (Å²) in [5.74, 6) is 0.422. The lowest BCUT2D eigenvalue weighted by Gasteiger charge is -2.11. The summed E-state index contributed by atoms with van der Waals surface area (Å²) in [6.07, 6.45) is -2.76. The normalized spacial score (nSPS) is 12.1. The van der Waals surface area contributed by atoms with Crippen LogP contribution in [0.15, 0.2) is 42.6 Å². The Labute approximate surface area is 139 Å². The fraction of sp³-hybridized carbons (Fsp3) is 0.0588. The van der Waals surface area contributed by atoms with Crippen molar-refractivity contribution in [3.8, 4) is 11.1 Å². The van der Waals surface area contributed by atoms with Crippen LogP contribution in [0.4, 0.5) is 24.9 Å². The highest BCUT2D eigenvalue weighted by Crippen LogP contribution is 2.37. The van der Waals surface area contributed by atoms with Crippen molar-refractivity contribution in [2.24, 2.45) is 0 Å². The van der Waals surface area contributed by atoms with Gasteiger partial charge in [0.2, 0.25) is 0 Å². The van der Waals surface area contributed by atoms with Crippen molar-refractivity contribution in [3.63, 3.8) is 0 Å². The molecule has 8 heteroatoms. The number of aromatic nitrogens is 3. The summed E-state index contributed by atoms with van der Waals surface area (Å²) < 4.78 is 38.3. The van der Waals surface area contributed by atoms with Crippen molar-refractivity contribution in [3.05, 3.63) is 48.2 Å². The highest BCUT2D eigenvalue weighted by molar-refractivity contribution is 6.15. The molecule has 4 aromatic rings. The quantitative estimate of drug-likeness (QED) is 0.488. The molecule has 0 aliphatic heterocycles. The van der Waals surface area contributed by atoms with Crippen LogP contribution in [0.1, 0.15) is 5.56 Å². The first-order valence-corrected chi connectivity index (χ1v) is 7.34. The SMILES string of the molecule is Nc1nc(N)c2c(cc(-c3ccc(C(F)(F)F)cc3)c3nccc32)[nH]1. The molecule has 0 saturated heterocycles. The average molecular weight is 343 g/mol. The maximum absolute atomic E-state index is 12.8. The molecule has 0 aliphatic carbocycles. The van der Waals surface area contributed by atoms with Gasteiger partial charge in [0.15, 0.2) is 5.95 Å². The van der Waals surface area contributed by atoms with Gasteiger partial charge in [0, 0.05) is 22.5 Å². The summed E-state index contributed by atoms with van der Waals surface area (Å²) in [5, 5.41) is 1.44. The van der Waals surface area contributed by atoms with Crippen molar-refractivity contribution in [1.82, 2.24) is 15.0 Å². The lowest BCUT2D eigenvalue weighted by Crippen LogP contribution is -2.04. The highest BCUT2D eigenvalue weighted by Gasteiger charge is 2.30. The number of H-pyrrole nitrogens is 1. The van der Waals surface area contributed by atoms with Gasteiger partial charge in [-0.15, -0.1) is 0 Å². The predicted octanol–water partition coefficient (Wildman–Crippen LogP) is 3.96. The van der Waals surface area contributed by atoms with E-state index in [4.69, 9.17) is 11.5 Å². The van der Waals surface area contributed by atoms with Crippen molar-refractivity contribution in [2.75, 3.05) is 11.5 Å². The highest BCUT2D eigenvalue weighted by atomic mass is 19.4. The minimum absolute atomic E-state index is 0.155. The molecule has 2 aromatic heterocycles. The van der Waals surface area contributed by atoms with Gasteiger partial charge in [-0.3, -0.25) is 4.98 Å². The Morgan fingerprint density at radius 1 is 1.00 bits per heavy atom. The number of nitrogens with zero attached hydrogens (tertiary/aromatic N) is 2. The molecule has 0 radical (unpaired) electrons. The molecule has 2 aromatic carbocycles. The van der Waals surface area contributed by atoms with Crippen molar-refractivity contribution in [1.29, 1.82) is 0 Å². The Kier molecular flexibility index (Phi) is 3.11. The summed E-state index contributed by atoms with van der Waals surface area (Å²) in [4.78, 5) is 11.3. The smallest absolute Gasteiger partial charge is 0.383 e. The zero-order valence-corrected chi connectivity index (χ0v) is 12.7. The first-order chi connectivity index (χ1) is 11.8. The second-order valence-corrected chi connectivity index (χ2v) is 5.64. The van der Waals surface area contributed by atoms with Gasteiger partial charge >= 0.3 is 6.18 Å². The van der Waals surface area contributed by atoms with E-state index in [-0.39, 0.29) is 11.8 Å². The molecule has 2 heterocycles. The third kappa shape index (κ3) is 2.42. The number of anilines is 2. The van der Waals surface area contributed by atoms with Crippen LogP contribution in [0.25, 0.3) is 32.9 Å². The fourth-order valence-electron chi connectivity index (χ4n) is 2.97. The molecule has 0 saturated carbocycles. The van der Waals surface area contributed by atoms with Crippen molar-refractivity contribution >= 4 is 33.6 Å². The molecule has 5 nitrogen and oxygen atoms in total. The summed E-state index contributed by atoms with van der Waals surface area (Å²) in [5.41, 5.74) is 13.6. The van der Waals surface area contributed by atoms with Crippen LogP contribution in [0.5, 0.6) is 0 Å². The summed E-state index contributed by atoms with van der Waals surface area (Å²) in [6.45, 7) is 0. The van der Waals surface area contributed by atoms with E-state index in [1.807, 2.05) is 0 Å². The molecule has 5 N–H and O–H groups in total. The number of rotatable bonds is 1. The van der Waals surface area contributed by atoms with Crippen LogP contribution in [0.2, 0.25) is 0 Å². The van der Waals surface area contributed by atoms with Crippen LogP contribution in [-0.4, -0.2) is 15.0 Å². The number of benzene rings is 2. The standard InChI is InChI=1S/C17H12F3N5/c18-17(19,20)9-3-1-8(2-4-9)11-7-12-13(10-5-6-23-14(10)11)15(21)25-16(22)24-12/h1-7H,21H2,(H3,22,24,25). The van der Waals surface area contributed by atoms with E-state index in [9.17, 15) is 13.2 Å². The number of nitrogens with one attached hydrogen (secondary N) is 1. The molecule has 0 fully saturated rings. The lowest BCUT2D eigenvalue weighted by molar-refractivity contribution is -0.137. The van der Waals surface area contributed by atoms with Crippen LogP contribution in [0.3, 0.4) is 0 Å². The minimum Gasteiger partial charge on any atom is -0.383 e. The molecular formula is C17H12F3N5. The molecule has 0 spiro atoms. The predicted molar refractivity (Wildman–Crippen MR) is 90.7 cm³/mol. The summed E-state index contributed by atoms with van der Waals surface area (Å²) in [7, 11) is 0. The van der Waals surface area contributed by atoms with Crippen LogP contribution < -0.4 is 11.5 Å². The second-order valence-electron chi connectivity index (χ2n) is 5.64. The topological polar surface area (TPSA) is 93.6 Å².